The average molecular weight is 538 g/mol. The van der Waals surface area contributed by atoms with Gasteiger partial charge in [0.15, 0.2) is 0 Å². The Balaban J connectivity index is 1.33. The second kappa shape index (κ2) is 10.9. The van der Waals surface area contributed by atoms with Crippen molar-refractivity contribution in [2.75, 3.05) is 18.5 Å². The van der Waals surface area contributed by atoms with E-state index in [0.717, 1.165) is 16.7 Å². The lowest BCUT2D eigenvalue weighted by molar-refractivity contribution is -0.114. The first-order valence-electron chi connectivity index (χ1n) is 13.6. The number of carbonyl (C=O) groups is 2. The highest BCUT2D eigenvalue weighted by Crippen LogP contribution is 2.44. The van der Waals surface area contributed by atoms with Gasteiger partial charge in [0, 0.05) is 25.1 Å². The summed E-state index contributed by atoms with van der Waals surface area (Å²) in [5, 5.41) is 5.75. The summed E-state index contributed by atoms with van der Waals surface area (Å²) in [6.07, 6.45) is 1.36. The van der Waals surface area contributed by atoms with Gasteiger partial charge in [-0.15, -0.1) is 0 Å². The van der Waals surface area contributed by atoms with E-state index in [1.807, 2.05) is 82.3 Å². The molecule has 2 aliphatic rings. The van der Waals surface area contributed by atoms with E-state index in [9.17, 15) is 9.59 Å². The number of ether oxygens (including phenoxy) is 1. The second-order valence-electron chi connectivity index (χ2n) is 11.3. The number of para-hydroxylation sites is 1. The van der Waals surface area contributed by atoms with Crippen LogP contribution >= 0.6 is 0 Å². The highest BCUT2D eigenvalue weighted by molar-refractivity contribution is 6.56. The van der Waals surface area contributed by atoms with Crippen LogP contribution in [0.2, 0.25) is 0 Å². The van der Waals surface area contributed by atoms with Gasteiger partial charge in [-0.3, -0.25) is 4.79 Å². The predicted molar refractivity (Wildman–Crippen MR) is 158 cm³/mol. The molecule has 0 atom stereocenters. The van der Waals surface area contributed by atoms with Crippen molar-refractivity contribution in [2.24, 2.45) is 0 Å². The lowest BCUT2D eigenvalue weighted by atomic mass is 9.77. The third-order valence-electron chi connectivity index (χ3n) is 7.95. The largest absolute Gasteiger partial charge is 0.492 e. The van der Waals surface area contributed by atoms with E-state index in [-0.39, 0.29) is 25.0 Å². The number of alkyl carbamates (subject to hydrolysis) is 1. The summed E-state index contributed by atoms with van der Waals surface area (Å²) in [4.78, 5) is 24.7. The van der Waals surface area contributed by atoms with Crippen LogP contribution in [0, 0.1) is 0 Å². The third kappa shape index (κ3) is 5.55. The minimum Gasteiger partial charge on any atom is -0.449 e. The lowest BCUT2D eigenvalue weighted by Crippen LogP contribution is -2.41. The Morgan fingerprint density at radius 1 is 0.875 bits per heavy atom. The summed E-state index contributed by atoms with van der Waals surface area (Å²) < 4.78 is 18.3. The van der Waals surface area contributed by atoms with Crippen LogP contribution in [0.15, 0.2) is 78.3 Å². The minimum absolute atomic E-state index is 0.0270. The fraction of sp³-hybridized carbons (Fsp3) is 0.312. The molecule has 7 nitrogen and oxygen atoms in total. The van der Waals surface area contributed by atoms with E-state index in [1.54, 1.807) is 0 Å². The molecule has 0 unspecified atom stereocenters. The van der Waals surface area contributed by atoms with Crippen molar-refractivity contribution >= 4 is 30.9 Å². The summed E-state index contributed by atoms with van der Waals surface area (Å²) in [7, 11) is -0.690. The van der Waals surface area contributed by atoms with Crippen molar-refractivity contribution in [1.82, 2.24) is 5.32 Å². The Morgan fingerprint density at radius 3 is 2.02 bits per heavy atom. The molecule has 3 aromatic carbocycles. The average Bonchev–Trinajstić information content (AvgIpc) is 3.34. The maximum Gasteiger partial charge on any atom is 0.492 e. The van der Waals surface area contributed by atoms with Gasteiger partial charge < -0.3 is 24.7 Å². The molecule has 1 aliphatic heterocycles. The Kier molecular flexibility index (Phi) is 7.58. The van der Waals surface area contributed by atoms with Crippen molar-refractivity contribution in [3.63, 3.8) is 0 Å². The van der Waals surface area contributed by atoms with E-state index in [2.05, 4.69) is 34.9 Å². The molecule has 1 saturated heterocycles. The molecule has 206 valence electrons. The molecular formula is C32H35BN2O5. The van der Waals surface area contributed by atoms with Crippen molar-refractivity contribution in [1.29, 1.82) is 0 Å². The van der Waals surface area contributed by atoms with Gasteiger partial charge in [0.05, 0.1) is 11.2 Å². The molecule has 2 N–H and O–H groups in total. The number of hydrogen-bond acceptors (Lipinski definition) is 5. The summed E-state index contributed by atoms with van der Waals surface area (Å²) in [5.74, 6) is -0.199. The molecule has 0 aromatic heterocycles. The molecular weight excluding hydrogens is 503 g/mol. The SMILES string of the molecule is CC(=O)Nc1ccccc1C=C(CNC(=O)OCC1c2ccccc2-c2ccccc21)B1OC(C)(C)C(C)(C)O1. The summed E-state index contributed by atoms with van der Waals surface area (Å²) in [6.45, 7) is 9.75. The van der Waals surface area contributed by atoms with Gasteiger partial charge in [-0.05, 0) is 67.1 Å². The Hall–Kier alpha value is -3.88. The summed E-state index contributed by atoms with van der Waals surface area (Å²) >= 11 is 0. The van der Waals surface area contributed by atoms with Gasteiger partial charge in [0.2, 0.25) is 5.91 Å². The fourth-order valence-corrected chi connectivity index (χ4v) is 5.15. The first-order chi connectivity index (χ1) is 19.1. The van der Waals surface area contributed by atoms with E-state index in [0.29, 0.717) is 11.2 Å². The Bertz CT molecular complexity index is 1400. The van der Waals surface area contributed by atoms with Gasteiger partial charge in [-0.2, -0.15) is 0 Å². The standard InChI is InChI=1S/C32H35BN2O5/c1-21(36)35-29-17-11-6-12-22(29)18-23(33-39-31(2,3)32(4,5)40-33)19-34-30(37)38-20-28-26-15-9-7-13-24(26)25-14-8-10-16-27(25)28/h6-18,28H,19-20H2,1-5H3,(H,34,37)(H,35,36). The van der Waals surface area contributed by atoms with Crippen LogP contribution in [0.4, 0.5) is 10.5 Å². The Labute approximate surface area is 236 Å². The molecule has 40 heavy (non-hydrogen) atoms. The molecule has 0 radical (unpaired) electrons. The van der Waals surface area contributed by atoms with Gasteiger partial charge in [-0.1, -0.05) is 72.8 Å². The zero-order chi connectivity index (χ0) is 28.5. The molecule has 1 heterocycles. The normalized spacial score (nSPS) is 17.2. The van der Waals surface area contributed by atoms with Crippen molar-refractivity contribution < 1.29 is 23.6 Å². The third-order valence-corrected chi connectivity index (χ3v) is 7.95. The fourth-order valence-electron chi connectivity index (χ4n) is 5.15. The zero-order valence-electron chi connectivity index (χ0n) is 23.6. The van der Waals surface area contributed by atoms with Crippen LogP contribution in [0.1, 0.15) is 57.2 Å². The highest BCUT2D eigenvalue weighted by Gasteiger charge is 2.52. The molecule has 3 aromatic rings. The second-order valence-corrected chi connectivity index (χ2v) is 11.3. The maximum atomic E-state index is 13.0. The maximum absolute atomic E-state index is 13.0. The van der Waals surface area contributed by atoms with Gasteiger partial charge in [-0.25, -0.2) is 4.79 Å². The van der Waals surface area contributed by atoms with Gasteiger partial charge in [0.25, 0.3) is 0 Å². The van der Waals surface area contributed by atoms with Gasteiger partial charge in [0.1, 0.15) is 6.61 Å². The van der Waals surface area contributed by atoms with E-state index in [1.165, 1.54) is 18.1 Å². The van der Waals surface area contributed by atoms with Crippen molar-refractivity contribution in [3.8, 4) is 11.1 Å². The quantitative estimate of drug-likeness (QED) is 0.350. The van der Waals surface area contributed by atoms with E-state index in [4.69, 9.17) is 14.0 Å². The summed E-state index contributed by atoms with van der Waals surface area (Å²) in [6, 6.07) is 23.9. The van der Waals surface area contributed by atoms with E-state index >= 15 is 0 Å². The number of fused-ring (bicyclic) bond motifs is 3. The number of benzene rings is 3. The van der Waals surface area contributed by atoms with Crippen LogP contribution in [0.5, 0.6) is 0 Å². The number of amides is 2. The van der Waals surface area contributed by atoms with Crippen molar-refractivity contribution in [2.45, 2.75) is 51.7 Å². The van der Waals surface area contributed by atoms with E-state index < -0.39 is 24.4 Å². The molecule has 8 heteroatoms. The first-order valence-corrected chi connectivity index (χ1v) is 13.6. The molecule has 0 bridgehead atoms. The number of nitrogens with one attached hydrogen (secondary N) is 2. The zero-order valence-corrected chi connectivity index (χ0v) is 23.6. The Morgan fingerprint density at radius 2 is 1.43 bits per heavy atom. The van der Waals surface area contributed by atoms with Crippen LogP contribution < -0.4 is 10.6 Å². The number of rotatable bonds is 7. The topological polar surface area (TPSA) is 85.9 Å². The smallest absolute Gasteiger partial charge is 0.449 e. The lowest BCUT2D eigenvalue weighted by Gasteiger charge is -2.32. The molecule has 2 amide bonds. The molecule has 0 spiro atoms. The highest BCUT2D eigenvalue weighted by atomic mass is 16.7. The van der Waals surface area contributed by atoms with Crippen LogP contribution in [0.25, 0.3) is 17.2 Å². The molecule has 0 saturated carbocycles. The number of anilines is 1. The van der Waals surface area contributed by atoms with Gasteiger partial charge >= 0.3 is 13.2 Å². The van der Waals surface area contributed by atoms with Crippen LogP contribution in [-0.2, 0) is 18.8 Å². The van der Waals surface area contributed by atoms with Crippen LogP contribution in [-0.4, -0.2) is 43.5 Å². The van der Waals surface area contributed by atoms with Crippen LogP contribution in [0.3, 0.4) is 0 Å². The minimum atomic E-state index is -0.690. The molecule has 1 fully saturated rings. The monoisotopic (exact) mass is 538 g/mol. The first kappa shape index (κ1) is 27.7. The van der Waals surface area contributed by atoms with Crippen molar-refractivity contribution in [3.05, 3.63) is 95.0 Å². The number of carbonyl (C=O) groups excluding carboxylic acids is 2. The molecule has 1 aliphatic carbocycles. The summed E-state index contributed by atoms with van der Waals surface area (Å²) in [5.41, 5.74) is 5.68. The predicted octanol–water partition coefficient (Wildman–Crippen LogP) is 6.20. The number of hydrogen-bond donors (Lipinski definition) is 2. The molecule has 5 rings (SSSR count).